The summed E-state index contributed by atoms with van der Waals surface area (Å²) < 4.78 is 16.0. The molecule has 1 amide bonds. The summed E-state index contributed by atoms with van der Waals surface area (Å²) >= 11 is 0. The summed E-state index contributed by atoms with van der Waals surface area (Å²) in [6, 6.07) is 7.25. The van der Waals surface area contributed by atoms with Crippen molar-refractivity contribution in [3.8, 4) is 11.8 Å². The summed E-state index contributed by atoms with van der Waals surface area (Å²) in [7, 11) is -4.63. The molecule has 0 unspecified atom stereocenters. The van der Waals surface area contributed by atoms with Crippen LogP contribution in [-0.2, 0) is 20.3 Å². The topological polar surface area (TPSA) is 95.9 Å². The Labute approximate surface area is 255 Å². The molecule has 2 rings (SSSR count). The molecule has 0 bridgehead atoms. The van der Waals surface area contributed by atoms with Gasteiger partial charge >= 0.3 is 7.82 Å². The third-order valence-electron chi connectivity index (χ3n) is 7.57. The van der Waals surface area contributed by atoms with E-state index in [4.69, 9.17) is 4.52 Å². The Morgan fingerprint density at radius 2 is 1.57 bits per heavy atom. The van der Waals surface area contributed by atoms with Crippen LogP contribution in [-0.4, -0.2) is 28.3 Å². The Balaban J connectivity index is 1.65. The van der Waals surface area contributed by atoms with E-state index >= 15 is 0 Å². The van der Waals surface area contributed by atoms with Crippen molar-refractivity contribution in [1.29, 1.82) is 0 Å². The van der Waals surface area contributed by atoms with E-state index in [9.17, 15) is 19.1 Å². The molecule has 0 aliphatic heterocycles. The summed E-state index contributed by atoms with van der Waals surface area (Å²) in [4.78, 5) is 30.9. The smallest absolute Gasteiger partial charge is 0.351 e. The lowest BCUT2D eigenvalue weighted by Gasteiger charge is -2.19. The zero-order valence-electron chi connectivity index (χ0n) is 25.8. The van der Waals surface area contributed by atoms with E-state index in [1.165, 1.54) is 76.2 Å². The fraction of sp³-hybridized carbons (Fsp3) is 0.629. The van der Waals surface area contributed by atoms with Crippen molar-refractivity contribution < 1.29 is 23.7 Å². The molecule has 1 aliphatic rings. The minimum Gasteiger partial charge on any atom is -0.351 e. The van der Waals surface area contributed by atoms with Crippen molar-refractivity contribution in [3.63, 3.8) is 0 Å². The second-order valence-corrected chi connectivity index (χ2v) is 12.8. The summed E-state index contributed by atoms with van der Waals surface area (Å²) in [5.41, 5.74) is 3.06. The molecule has 0 saturated heterocycles. The van der Waals surface area contributed by atoms with Crippen LogP contribution in [0.1, 0.15) is 134 Å². The SMILES string of the molecule is CCCCCCCC/C=C\CCCCCCCC(=O)N[C@H](COP(=O)(O)O)Cc1ccc(C#CC2=CCCCC2)cc1. The maximum atomic E-state index is 12.6. The molecule has 0 heterocycles. The van der Waals surface area contributed by atoms with E-state index in [1.807, 2.05) is 24.3 Å². The van der Waals surface area contributed by atoms with E-state index < -0.39 is 13.9 Å². The Morgan fingerprint density at radius 3 is 2.19 bits per heavy atom. The maximum Gasteiger partial charge on any atom is 0.469 e. The quantitative estimate of drug-likeness (QED) is 0.0568. The summed E-state index contributed by atoms with van der Waals surface area (Å²) in [6.45, 7) is 2.00. The predicted molar refractivity (Wildman–Crippen MR) is 173 cm³/mol. The van der Waals surface area contributed by atoms with Crippen LogP contribution in [0.3, 0.4) is 0 Å². The Bertz CT molecular complexity index is 1050. The first kappa shape index (κ1) is 36.0. The molecule has 3 N–H and O–H groups in total. The van der Waals surface area contributed by atoms with Gasteiger partial charge in [0, 0.05) is 12.0 Å². The average molecular weight is 600 g/mol. The lowest BCUT2D eigenvalue weighted by Crippen LogP contribution is -2.39. The minimum absolute atomic E-state index is 0.116. The number of rotatable bonds is 21. The van der Waals surface area contributed by atoms with Gasteiger partial charge in [0.2, 0.25) is 5.91 Å². The van der Waals surface area contributed by atoms with Gasteiger partial charge in [-0.3, -0.25) is 9.32 Å². The van der Waals surface area contributed by atoms with Gasteiger partial charge in [-0.2, -0.15) is 0 Å². The molecule has 1 aromatic carbocycles. The van der Waals surface area contributed by atoms with E-state index in [0.717, 1.165) is 49.7 Å². The lowest BCUT2D eigenvalue weighted by molar-refractivity contribution is -0.122. The first-order valence-electron chi connectivity index (χ1n) is 16.3. The number of hydrogen-bond acceptors (Lipinski definition) is 3. The van der Waals surface area contributed by atoms with Crippen molar-refractivity contribution in [2.75, 3.05) is 6.61 Å². The van der Waals surface area contributed by atoms with Gasteiger partial charge in [-0.1, -0.05) is 100 Å². The van der Waals surface area contributed by atoms with Gasteiger partial charge in [-0.05, 0) is 87.5 Å². The number of nitrogens with one attached hydrogen (secondary N) is 1. The molecule has 6 nitrogen and oxygen atoms in total. The molecule has 0 saturated carbocycles. The molecular weight excluding hydrogens is 545 g/mol. The molecule has 234 valence electrons. The Kier molecular flexibility index (Phi) is 19.2. The molecule has 0 fully saturated rings. The Hall–Kier alpha value is -2.16. The second-order valence-electron chi connectivity index (χ2n) is 11.5. The number of unbranched alkanes of at least 4 members (excludes halogenated alkanes) is 11. The number of allylic oxidation sites excluding steroid dienone is 4. The van der Waals surface area contributed by atoms with Crippen molar-refractivity contribution >= 4 is 13.7 Å². The van der Waals surface area contributed by atoms with Crippen LogP contribution in [0.25, 0.3) is 0 Å². The van der Waals surface area contributed by atoms with Crippen LogP contribution >= 0.6 is 7.82 Å². The van der Waals surface area contributed by atoms with Crippen LogP contribution in [0.15, 0.2) is 48.1 Å². The molecule has 0 aromatic heterocycles. The zero-order valence-corrected chi connectivity index (χ0v) is 26.7. The molecule has 0 spiro atoms. The largest absolute Gasteiger partial charge is 0.469 e. The fourth-order valence-electron chi connectivity index (χ4n) is 5.11. The molecule has 1 aromatic rings. The highest BCUT2D eigenvalue weighted by molar-refractivity contribution is 7.46. The monoisotopic (exact) mass is 599 g/mol. The van der Waals surface area contributed by atoms with Crippen LogP contribution in [0.4, 0.5) is 0 Å². The summed E-state index contributed by atoms with van der Waals surface area (Å²) in [6.07, 6.45) is 27.9. The first-order chi connectivity index (χ1) is 20.4. The fourth-order valence-corrected chi connectivity index (χ4v) is 5.48. The molecule has 42 heavy (non-hydrogen) atoms. The number of carbonyl (C=O) groups excluding carboxylic acids is 1. The highest BCUT2D eigenvalue weighted by Gasteiger charge is 2.20. The Morgan fingerprint density at radius 1 is 0.929 bits per heavy atom. The van der Waals surface area contributed by atoms with E-state index in [1.54, 1.807) is 0 Å². The lowest BCUT2D eigenvalue weighted by atomic mass is 9.99. The summed E-state index contributed by atoms with van der Waals surface area (Å²) in [5.74, 6) is 6.36. The molecule has 1 atom stereocenters. The number of phosphoric ester groups is 1. The van der Waals surface area contributed by atoms with Gasteiger partial charge in [0.15, 0.2) is 0 Å². The second kappa shape index (κ2) is 22.4. The number of amides is 1. The van der Waals surface area contributed by atoms with E-state index in [-0.39, 0.29) is 12.5 Å². The van der Waals surface area contributed by atoms with E-state index in [2.05, 4.69) is 42.3 Å². The average Bonchev–Trinajstić information content (AvgIpc) is 2.97. The number of phosphoric acid groups is 1. The highest BCUT2D eigenvalue weighted by Crippen LogP contribution is 2.35. The van der Waals surface area contributed by atoms with Crippen molar-refractivity contribution in [2.24, 2.45) is 0 Å². The zero-order chi connectivity index (χ0) is 30.3. The van der Waals surface area contributed by atoms with Crippen LogP contribution in [0, 0.1) is 11.8 Å². The third-order valence-corrected chi connectivity index (χ3v) is 8.05. The van der Waals surface area contributed by atoms with Gasteiger partial charge < -0.3 is 15.1 Å². The maximum absolute atomic E-state index is 12.6. The number of benzene rings is 1. The molecular formula is C35H54NO5P. The van der Waals surface area contributed by atoms with Crippen molar-refractivity contribution in [2.45, 2.75) is 135 Å². The van der Waals surface area contributed by atoms with Gasteiger partial charge in [0.25, 0.3) is 0 Å². The minimum atomic E-state index is -4.63. The normalized spacial score (nSPS) is 14.3. The molecule has 7 heteroatoms. The molecule has 0 radical (unpaired) electrons. The van der Waals surface area contributed by atoms with Gasteiger partial charge in [0.05, 0.1) is 12.6 Å². The summed E-state index contributed by atoms with van der Waals surface area (Å²) in [5, 5.41) is 2.92. The standard InChI is InChI=1S/C35H54NO5P/c1-2-3-4-5-6-7-8-9-10-11-12-13-14-15-19-22-35(37)36-34(30-41-42(38,39)40)29-33-27-25-32(26-28-33)24-23-31-20-17-16-18-21-31/h9-10,20,25-28,34H,2-8,11-19,21-22,29-30H2,1H3,(H,36,37)(H2,38,39,40)/b10-9-/t34-/m0/s1. The van der Waals surface area contributed by atoms with E-state index in [0.29, 0.717) is 12.8 Å². The van der Waals surface area contributed by atoms with Crippen LogP contribution < -0.4 is 5.32 Å². The van der Waals surface area contributed by atoms with Gasteiger partial charge in [-0.15, -0.1) is 0 Å². The number of hydrogen-bond donors (Lipinski definition) is 3. The predicted octanol–water partition coefficient (Wildman–Crippen LogP) is 8.71. The van der Waals surface area contributed by atoms with Gasteiger partial charge in [0.1, 0.15) is 0 Å². The number of carbonyl (C=O) groups is 1. The molecule has 1 aliphatic carbocycles. The highest BCUT2D eigenvalue weighted by atomic mass is 31.2. The van der Waals surface area contributed by atoms with Crippen LogP contribution in [0.5, 0.6) is 0 Å². The van der Waals surface area contributed by atoms with Crippen LogP contribution in [0.2, 0.25) is 0 Å². The third kappa shape index (κ3) is 19.1. The van der Waals surface area contributed by atoms with Gasteiger partial charge in [-0.25, -0.2) is 4.57 Å². The first-order valence-corrected chi connectivity index (χ1v) is 17.8. The van der Waals surface area contributed by atoms with Crippen molar-refractivity contribution in [3.05, 3.63) is 59.2 Å². The van der Waals surface area contributed by atoms with Crippen molar-refractivity contribution in [1.82, 2.24) is 5.32 Å².